The van der Waals surface area contributed by atoms with Crippen molar-refractivity contribution in [2.45, 2.75) is 25.7 Å². The van der Waals surface area contributed by atoms with Gasteiger partial charge in [0.2, 0.25) is 17.1 Å². The van der Waals surface area contributed by atoms with Crippen LogP contribution in [0.15, 0.2) is 48.5 Å². The number of nitrogens with zero attached hydrogens (tertiary/aromatic N) is 3. The summed E-state index contributed by atoms with van der Waals surface area (Å²) in [6.07, 6.45) is -1.16. The van der Waals surface area contributed by atoms with Gasteiger partial charge >= 0.3 is 0 Å². The van der Waals surface area contributed by atoms with Crippen molar-refractivity contribution in [3.8, 4) is 29.7 Å². The van der Waals surface area contributed by atoms with Crippen molar-refractivity contribution >= 4 is 5.90 Å². The molecular weight excluding hydrogens is 420 g/mol. The Morgan fingerprint density at radius 1 is 0.970 bits per heavy atom. The minimum atomic E-state index is -2.02. The van der Waals surface area contributed by atoms with Gasteiger partial charge in [-0.2, -0.15) is 15.8 Å². The van der Waals surface area contributed by atoms with Crippen LogP contribution in [0.4, 0.5) is 0 Å². The van der Waals surface area contributed by atoms with E-state index in [-0.39, 0.29) is 0 Å². The van der Waals surface area contributed by atoms with Crippen molar-refractivity contribution in [1.29, 1.82) is 21.2 Å². The topological polar surface area (TPSA) is 132 Å². The van der Waals surface area contributed by atoms with Crippen molar-refractivity contribution in [2.75, 3.05) is 13.7 Å². The highest BCUT2D eigenvalue weighted by atomic mass is 16.7. The monoisotopic (exact) mass is 442 g/mol. The molecule has 4 rings (SSSR count). The zero-order chi connectivity index (χ0) is 23.9. The average molecular weight is 442 g/mol. The zero-order valence-corrected chi connectivity index (χ0v) is 18.5. The second-order valence-corrected chi connectivity index (χ2v) is 8.00. The van der Waals surface area contributed by atoms with Crippen LogP contribution in [0, 0.1) is 56.2 Å². The number of rotatable bonds is 5. The molecule has 2 aromatic carbocycles. The third kappa shape index (κ3) is 2.73. The van der Waals surface area contributed by atoms with Gasteiger partial charge in [0, 0.05) is 5.56 Å². The quantitative estimate of drug-likeness (QED) is 0.733. The highest BCUT2D eigenvalue weighted by molar-refractivity contribution is 5.89. The molecule has 2 aliphatic heterocycles. The van der Waals surface area contributed by atoms with Gasteiger partial charge in [-0.3, -0.25) is 5.41 Å². The molecule has 2 heterocycles. The zero-order valence-electron chi connectivity index (χ0n) is 18.5. The largest absolute Gasteiger partial charge is 0.497 e. The maximum Gasteiger partial charge on any atom is 0.244 e. The molecular formula is C25H22N4O4. The number of ether oxygens (including phenoxy) is 4. The summed E-state index contributed by atoms with van der Waals surface area (Å²) in [7, 11) is 1.55. The van der Waals surface area contributed by atoms with Crippen LogP contribution < -0.4 is 9.47 Å². The second kappa shape index (κ2) is 7.81. The summed E-state index contributed by atoms with van der Waals surface area (Å²) < 4.78 is 23.2. The highest BCUT2D eigenvalue weighted by Gasteiger charge is 2.79. The lowest BCUT2D eigenvalue weighted by molar-refractivity contribution is -0.288. The number of hydrogen-bond acceptors (Lipinski definition) is 8. The molecule has 0 amide bonds. The van der Waals surface area contributed by atoms with E-state index in [2.05, 4.69) is 6.07 Å². The Balaban J connectivity index is 1.95. The van der Waals surface area contributed by atoms with Gasteiger partial charge in [-0.15, -0.1) is 0 Å². The predicted octanol–water partition coefficient (Wildman–Crippen LogP) is 4.21. The molecule has 8 heteroatoms. The predicted molar refractivity (Wildman–Crippen MR) is 116 cm³/mol. The number of fused-ring (bicyclic) bond motifs is 2. The Labute approximate surface area is 192 Å². The van der Waals surface area contributed by atoms with E-state index in [4.69, 9.17) is 24.4 Å². The highest BCUT2D eigenvalue weighted by Crippen LogP contribution is 2.69. The van der Waals surface area contributed by atoms with E-state index in [0.717, 1.165) is 0 Å². The first kappa shape index (κ1) is 22.1. The normalized spacial score (nSPS) is 29.2. The van der Waals surface area contributed by atoms with E-state index in [1.54, 1.807) is 62.6 Å². The van der Waals surface area contributed by atoms with Gasteiger partial charge in [0.05, 0.1) is 37.8 Å². The summed E-state index contributed by atoms with van der Waals surface area (Å²) in [5.41, 5.74) is -2.81. The lowest BCUT2D eigenvalue weighted by atomic mass is 9.53. The summed E-state index contributed by atoms with van der Waals surface area (Å²) in [5, 5.41) is 39.6. The van der Waals surface area contributed by atoms with E-state index >= 15 is 0 Å². The molecule has 0 saturated carbocycles. The average Bonchev–Trinajstić information content (AvgIpc) is 3.01. The number of hydrogen-bond donors (Lipinski definition) is 1. The van der Waals surface area contributed by atoms with Crippen molar-refractivity contribution < 1.29 is 18.9 Å². The van der Waals surface area contributed by atoms with Crippen LogP contribution in [-0.2, 0) is 15.3 Å². The van der Waals surface area contributed by atoms with E-state index < -0.39 is 34.5 Å². The van der Waals surface area contributed by atoms with Crippen molar-refractivity contribution in [3.05, 3.63) is 59.7 Å². The molecule has 2 bridgehead atoms. The van der Waals surface area contributed by atoms with Crippen molar-refractivity contribution in [1.82, 2.24) is 0 Å². The van der Waals surface area contributed by atoms with Crippen molar-refractivity contribution in [3.63, 3.8) is 0 Å². The van der Waals surface area contributed by atoms with Gasteiger partial charge in [-0.05, 0) is 48.9 Å². The fraction of sp³-hybridized carbons (Fsp3) is 0.360. The minimum absolute atomic E-state index is 0.454. The van der Waals surface area contributed by atoms with Crippen LogP contribution in [0.25, 0.3) is 0 Å². The number of nitriles is 3. The third-order valence-corrected chi connectivity index (χ3v) is 6.65. The van der Waals surface area contributed by atoms with E-state index in [0.29, 0.717) is 29.2 Å². The first-order valence-corrected chi connectivity index (χ1v) is 10.5. The minimum Gasteiger partial charge on any atom is -0.497 e. The molecule has 2 saturated heterocycles. The van der Waals surface area contributed by atoms with Gasteiger partial charge in [0.15, 0.2) is 5.41 Å². The molecule has 4 unspecified atom stereocenters. The standard InChI is InChI=1S/C25H22N4O4/c1-4-31-20-9-5-17(6-10-20)21-23(13-26,14-27)24(15-28)16(2)25(32-21,33-22(24)29)18-7-11-19(30-3)12-8-18/h5-12,16,21,29H,4H2,1-3H3. The fourth-order valence-corrected chi connectivity index (χ4v) is 4.90. The molecule has 33 heavy (non-hydrogen) atoms. The molecule has 1 N–H and O–H groups in total. The molecule has 0 radical (unpaired) electrons. The third-order valence-electron chi connectivity index (χ3n) is 6.65. The van der Waals surface area contributed by atoms with Crippen LogP contribution in [0.5, 0.6) is 11.5 Å². The van der Waals surface area contributed by atoms with Crippen LogP contribution in [0.3, 0.4) is 0 Å². The molecule has 4 atom stereocenters. The smallest absolute Gasteiger partial charge is 0.244 e. The van der Waals surface area contributed by atoms with Gasteiger partial charge in [0.1, 0.15) is 17.6 Å². The maximum atomic E-state index is 10.4. The number of benzene rings is 2. The Morgan fingerprint density at radius 3 is 2.09 bits per heavy atom. The molecule has 8 nitrogen and oxygen atoms in total. The Kier molecular flexibility index (Phi) is 5.24. The summed E-state index contributed by atoms with van der Waals surface area (Å²) in [6, 6.07) is 20.0. The number of nitrogens with one attached hydrogen (secondary N) is 1. The van der Waals surface area contributed by atoms with Gasteiger partial charge in [0.25, 0.3) is 0 Å². The summed E-state index contributed by atoms with van der Waals surface area (Å²) in [6.45, 7) is 4.03. The molecule has 0 aromatic heterocycles. The van der Waals surface area contributed by atoms with Crippen LogP contribution in [0.1, 0.15) is 31.1 Å². The number of methoxy groups -OCH3 is 1. The van der Waals surface area contributed by atoms with Gasteiger partial charge < -0.3 is 18.9 Å². The van der Waals surface area contributed by atoms with E-state index in [1.807, 2.05) is 19.1 Å². The van der Waals surface area contributed by atoms with Gasteiger partial charge in [-0.1, -0.05) is 19.1 Å². The Morgan fingerprint density at radius 2 is 1.58 bits per heavy atom. The van der Waals surface area contributed by atoms with Crippen LogP contribution in [0.2, 0.25) is 0 Å². The molecule has 166 valence electrons. The molecule has 2 aromatic rings. The fourth-order valence-electron chi connectivity index (χ4n) is 4.90. The Hall–Kier alpha value is -4.06. The van der Waals surface area contributed by atoms with E-state index in [9.17, 15) is 15.8 Å². The first-order chi connectivity index (χ1) is 15.9. The lowest BCUT2D eigenvalue weighted by Gasteiger charge is -2.48. The SMILES string of the molecule is CCOc1ccc(C2OC3(c4ccc(OC)cc4)OC(=N)C(C#N)(C3C)C2(C#N)C#N)cc1. The molecule has 2 fully saturated rings. The maximum absolute atomic E-state index is 10.4. The molecule has 2 aliphatic rings. The van der Waals surface area contributed by atoms with Crippen LogP contribution >= 0.6 is 0 Å². The van der Waals surface area contributed by atoms with Crippen LogP contribution in [-0.4, -0.2) is 19.6 Å². The lowest BCUT2D eigenvalue weighted by Crippen LogP contribution is -2.57. The molecule has 0 spiro atoms. The Bertz CT molecular complexity index is 1190. The summed E-state index contributed by atoms with van der Waals surface area (Å²) >= 11 is 0. The van der Waals surface area contributed by atoms with Crippen molar-refractivity contribution in [2.24, 2.45) is 16.7 Å². The van der Waals surface area contributed by atoms with Gasteiger partial charge in [-0.25, -0.2) is 0 Å². The van der Waals surface area contributed by atoms with E-state index in [1.165, 1.54) is 0 Å². The molecule has 0 aliphatic carbocycles. The second-order valence-electron chi connectivity index (χ2n) is 8.00. The summed E-state index contributed by atoms with van der Waals surface area (Å²) in [4.78, 5) is 0. The summed E-state index contributed by atoms with van der Waals surface area (Å²) in [5.74, 6) is -1.58. The first-order valence-electron chi connectivity index (χ1n) is 10.5.